The molecule has 20 radical (unpaired) electrons. The van der Waals surface area contributed by atoms with Gasteiger partial charge in [-0.3, -0.25) is 0 Å². The quantitative estimate of drug-likeness (QED) is 0.0890. The first-order valence-corrected chi connectivity index (χ1v) is 23.1. The van der Waals surface area contributed by atoms with E-state index in [4.69, 9.17) is 0 Å². The molecule has 354 valence electrons. The molecule has 0 saturated heterocycles. The van der Waals surface area contributed by atoms with E-state index in [2.05, 4.69) is 0 Å². The van der Waals surface area contributed by atoms with Gasteiger partial charge in [0.25, 0.3) is 0 Å². The molecule has 68 heavy (non-hydrogen) atoms. The van der Waals surface area contributed by atoms with E-state index >= 15 is 0 Å². The van der Waals surface area contributed by atoms with E-state index in [-0.39, 0.29) is 34.1 Å². The largest absolute Gasteiger partial charge is 2.00 e. The van der Waals surface area contributed by atoms with Crippen LogP contribution in [0.3, 0.4) is 0 Å². The Morgan fingerprint density at radius 1 is 0.294 bits per heavy atom. The third-order valence-corrected chi connectivity index (χ3v) is 16.2. The van der Waals surface area contributed by atoms with Crippen LogP contribution in [0.4, 0.5) is 52.7 Å². The fourth-order valence-corrected chi connectivity index (χ4v) is 12.7. The summed E-state index contributed by atoms with van der Waals surface area (Å²) in [5, 5.41) is 1.99. The average Bonchev–Trinajstić information content (AvgIpc) is 4.13. The van der Waals surface area contributed by atoms with E-state index in [1.165, 1.54) is 48.5 Å². The summed E-state index contributed by atoms with van der Waals surface area (Å²) in [5.41, 5.74) is -4.41. The Hall–Kier alpha value is -2.06. The van der Waals surface area contributed by atoms with Crippen molar-refractivity contribution in [2.24, 2.45) is 0 Å². The molecular formula is C52H40F12Fe2P2+4. The van der Waals surface area contributed by atoms with Gasteiger partial charge in [-0.05, 0) is 223 Å². The summed E-state index contributed by atoms with van der Waals surface area (Å²) in [4.78, 5) is 0. The molecule has 16 heteroatoms. The molecule has 4 fully saturated rings. The topological polar surface area (TPSA) is 0 Å². The summed E-state index contributed by atoms with van der Waals surface area (Å²) in [6.07, 6.45) is 12.5. The van der Waals surface area contributed by atoms with Gasteiger partial charge in [0.1, 0.15) is 0 Å². The van der Waals surface area contributed by atoms with E-state index in [0.717, 1.165) is 72.2 Å². The van der Waals surface area contributed by atoms with Crippen molar-refractivity contribution in [3.8, 4) is 0 Å². The molecule has 0 aromatic heterocycles. The van der Waals surface area contributed by atoms with Crippen molar-refractivity contribution in [2.75, 3.05) is 0 Å². The molecule has 0 spiro atoms. The zero-order chi connectivity index (χ0) is 47.9. The zero-order valence-corrected chi connectivity index (χ0v) is 39.8. The fraction of sp³-hybridized carbons (Fsp3) is 0.154. The van der Waals surface area contributed by atoms with E-state index in [1.807, 2.05) is 104 Å². The molecule has 0 nitrogen and oxygen atoms in total. The Bertz CT molecular complexity index is 1800. The minimum atomic E-state index is -4.61. The van der Waals surface area contributed by atoms with Crippen molar-refractivity contribution in [3.63, 3.8) is 0 Å². The van der Waals surface area contributed by atoms with Crippen molar-refractivity contribution < 1.29 is 86.8 Å². The first-order valence-electron chi connectivity index (χ1n) is 20.3. The summed E-state index contributed by atoms with van der Waals surface area (Å²) in [6.45, 7) is 3.70. The zero-order valence-electron chi connectivity index (χ0n) is 35.8. The Balaban J connectivity index is 0.000000744. The van der Waals surface area contributed by atoms with Gasteiger partial charge in [-0.25, -0.2) is 0 Å². The molecule has 4 aliphatic carbocycles. The van der Waals surface area contributed by atoms with Crippen molar-refractivity contribution in [1.82, 2.24) is 0 Å². The van der Waals surface area contributed by atoms with Crippen LogP contribution in [0.25, 0.3) is 0 Å². The van der Waals surface area contributed by atoms with Gasteiger partial charge in [0.15, 0.2) is 0 Å². The van der Waals surface area contributed by atoms with Crippen molar-refractivity contribution >= 4 is 37.1 Å². The predicted molar refractivity (Wildman–Crippen MR) is 239 cm³/mol. The summed E-state index contributed by atoms with van der Waals surface area (Å²) in [7, 11) is -3.20. The molecule has 0 bridgehead atoms. The van der Waals surface area contributed by atoms with Gasteiger partial charge in [-0.1, -0.05) is 62.4 Å². The Labute approximate surface area is 417 Å². The average molecular weight is 1070 g/mol. The molecule has 4 aliphatic rings. The Morgan fingerprint density at radius 2 is 0.485 bits per heavy atom. The second-order valence-corrected chi connectivity index (χ2v) is 20.1. The second kappa shape index (κ2) is 25.5. The molecule has 0 heterocycles. The molecule has 4 aromatic rings. The van der Waals surface area contributed by atoms with Crippen molar-refractivity contribution in [3.05, 3.63) is 246 Å². The molecular weight excluding hydrogens is 1030 g/mol. The van der Waals surface area contributed by atoms with Gasteiger partial charge in [-0.2, -0.15) is 52.7 Å². The van der Waals surface area contributed by atoms with Crippen LogP contribution < -0.4 is 21.2 Å². The molecule has 0 unspecified atom stereocenters. The first-order chi connectivity index (χ1) is 31.1. The summed E-state index contributed by atoms with van der Waals surface area (Å²) >= 11 is 0. The number of hydrogen-bond acceptors (Lipinski definition) is 0. The number of rotatable bonds is 9. The number of hydrogen-bond donors (Lipinski definition) is 0. The predicted octanol–water partition coefficient (Wildman–Crippen LogP) is 13.7. The fourth-order valence-electron chi connectivity index (χ4n) is 7.44. The summed E-state index contributed by atoms with van der Waals surface area (Å²) in [5.74, 6) is 2.96. The van der Waals surface area contributed by atoms with Crippen molar-refractivity contribution in [2.45, 2.75) is 49.9 Å². The molecule has 2 atom stereocenters. The monoisotopic (exact) mass is 1070 g/mol. The molecule has 0 amide bonds. The molecule has 0 N–H and O–H groups in total. The van der Waals surface area contributed by atoms with E-state index in [0.29, 0.717) is 21.2 Å². The second-order valence-electron chi connectivity index (χ2n) is 15.0. The van der Waals surface area contributed by atoms with E-state index < -0.39 is 74.1 Å². The Kier molecular flexibility index (Phi) is 22.0. The van der Waals surface area contributed by atoms with Crippen LogP contribution in [0.1, 0.15) is 36.1 Å². The number of benzene rings is 4. The van der Waals surface area contributed by atoms with Gasteiger partial charge in [-0.15, -0.1) is 0 Å². The van der Waals surface area contributed by atoms with Gasteiger partial charge >= 0.3 is 58.8 Å². The van der Waals surface area contributed by atoms with Gasteiger partial charge in [0.05, 0.1) is 22.3 Å². The van der Waals surface area contributed by atoms with Gasteiger partial charge in [0, 0.05) is 0 Å². The van der Waals surface area contributed by atoms with Crippen LogP contribution >= 0.6 is 15.8 Å². The van der Waals surface area contributed by atoms with Crippen LogP contribution in [0.15, 0.2) is 97.1 Å². The van der Waals surface area contributed by atoms with E-state index in [9.17, 15) is 52.7 Å². The SMILES string of the molecule is C[C@@H]([C]1[CH][CH][CH][C]1[C]1[CH][CH][CH][C]1[C@H](C)P(c1ccc(C(F)(F)F)cc1)c1ccc(C(F)(F)F)cc1)P(c1ccc(C(F)(F)F)cc1)c1ccc(C(F)(F)F)cc1.[CH]1[CH][CH][CH][CH]1.[CH]1[CH][CH][CH][CH]1.[Fe+2].[Fe+2]. The molecule has 8 rings (SSSR count). The number of halogens is 12. The third kappa shape index (κ3) is 15.5. The van der Waals surface area contributed by atoms with Gasteiger partial charge < -0.3 is 0 Å². The number of alkyl halides is 12. The standard InChI is InChI=1S/C42H30F12P2.2C5H5.2Fe/c1-25(55(31-17-9-27(10-18-31)39(43,44)45)32-19-11-28(12-20-32)40(46,47)48)35-5-3-7-37(35)38-8-4-6-36(38)26(2)56(33-21-13-29(14-22-33)41(49,50)51)34-23-15-30(16-24-34)42(52,53)54;2*1-2-4-5-3-1;;/h3-26H,1-2H3;2*1-5H;;/q;;;2*+2/t25-,26-;;;;/m0..../s1. The van der Waals surface area contributed by atoms with Crippen LogP contribution in [0.5, 0.6) is 0 Å². The first kappa shape index (κ1) is 58.5. The van der Waals surface area contributed by atoms with Gasteiger partial charge in [0.2, 0.25) is 0 Å². The normalized spacial score (nSPS) is 18.6. The minimum absolute atomic E-state index is 0. The van der Waals surface area contributed by atoms with Crippen LogP contribution in [-0.2, 0) is 58.8 Å². The molecule has 4 saturated carbocycles. The minimum Gasteiger partial charge on any atom is -0.166 e. The van der Waals surface area contributed by atoms with Crippen molar-refractivity contribution in [1.29, 1.82) is 0 Å². The third-order valence-electron chi connectivity index (χ3n) is 10.7. The summed E-state index contributed by atoms with van der Waals surface area (Å²) < 4.78 is 162. The summed E-state index contributed by atoms with van der Waals surface area (Å²) in [6, 6.07) is 18.2. The van der Waals surface area contributed by atoms with Crippen LogP contribution in [0, 0.1) is 126 Å². The van der Waals surface area contributed by atoms with E-state index in [1.54, 1.807) is 12.8 Å². The maximum atomic E-state index is 13.5. The molecule has 4 aromatic carbocycles. The smallest absolute Gasteiger partial charge is 0.166 e. The van der Waals surface area contributed by atoms with Crippen LogP contribution in [-0.4, -0.2) is 11.3 Å². The maximum Gasteiger partial charge on any atom is 2.00 e. The molecule has 0 aliphatic heterocycles. The maximum absolute atomic E-state index is 13.5. The Morgan fingerprint density at radius 3 is 0.662 bits per heavy atom. The van der Waals surface area contributed by atoms with Crippen LogP contribution in [0.2, 0.25) is 0 Å².